The van der Waals surface area contributed by atoms with Crippen molar-refractivity contribution in [3.05, 3.63) is 33.3 Å². The molecule has 0 saturated carbocycles. The van der Waals surface area contributed by atoms with Crippen LogP contribution in [0.25, 0.3) is 0 Å². The van der Waals surface area contributed by atoms with E-state index in [1.807, 2.05) is 6.92 Å². The average molecular weight is 232 g/mol. The molecule has 0 aliphatic carbocycles. The molecule has 0 saturated heterocycles. The van der Waals surface area contributed by atoms with Gasteiger partial charge in [0.1, 0.15) is 0 Å². The van der Waals surface area contributed by atoms with Crippen molar-refractivity contribution in [2.45, 2.75) is 18.2 Å². The molecule has 0 unspecified atom stereocenters. The van der Waals surface area contributed by atoms with Crippen LogP contribution in [0.5, 0.6) is 0 Å². The van der Waals surface area contributed by atoms with Crippen molar-refractivity contribution in [1.29, 1.82) is 0 Å². The zero-order valence-corrected chi connectivity index (χ0v) is 9.27. The molecule has 0 aliphatic heterocycles. The summed E-state index contributed by atoms with van der Waals surface area (Å²) >= 11 is 7.16. The second-order valence-corrected chi connectivity index (χ2v) is 4.29. The SMILES string of the molecule is CCCSc1ccc(Cl)cc1[N+](=O)[O-]. The van der Waals surface area contributed by atoms with E-state index in [4.69, 9.17) is 11.6 Å². The first-order valence-electron chi connectivity index (χ1n) is 4.22. The first-order valence-corrected chi connectivity index (χ1v) is 5.58. The van der Waals surface area contributed by atoms with Gasteiger partial charge in [0.2, 0.25) is 0 Å². The van der Waals surface area contributed by atoms with E-state index in [0.29, 0.717) is 9.92 Å². The number of nitro groups is 1. The van der Waals surface area contributed by atoms with E-state index in [-0.39, 0.29) is 5.69 Å². The van der Waals surface area contributed by atoms with Crippen LogP contribution in [0.4, 0.5) is 5.69 Å². The van der Waals surface area contributed by atoms with Crippen molar-refractivity contribution in [1.82, 2.24) is 0 Å². The van der Waals surface area contributed by atoms with Crippen LogP contribution in [-0.4, -0.2) is 10.7 Å². The summed E-state index contributed by atoms with van der Waals surface area (Å²) in [4.78, 5) is 11.0. The van der Waals surface area contributed by atoms with Gasteiger partial charge < -0.3 is 0 Å². The maximum atomic E-state index is 10.7. The molecule has 5 heteroatoms. The predicted octanol–water partition coefficient (Wildman–Crippen LogP) is 3.75. The number of thioether (sulfide) groups is 1. The molecule has 3 nitrogen and oxygen atoms in total. The molecule has 0 fully saturated rings. The predicted molar refractivity (Wildman–Crippen MR) is 59.1 cm³/mol. The second kappa shape index (κ2) is 5.22. The fourth-order valence-corrected chi connectivity index (χ4v) is 2.00. The molecule has 0 aliphatic rings. The van der Waals surface area contributed by atoms with Crippen LogP contribution in [0.1, 0.15) is 13.3 Å². The maximum Gasteiger partial charge on any atom is 0.284 e. The Kier molecular flexibility index (Phi) is 4.22. The van der Waals surface area contributed by atoms with Gasteiger partial charge in [-0.15, -0.1) is 11.8 Å². The Morgan fingerprint density at radius 1 is 1.57 bits per heavy atom. The molecule has 0 heterocycles. The minimum absolute atomic E-state index is 0.0935. The lowest BCUT2D eigenvalue weighted by Gasteiger charge is -2.01. The van der Waals surface area contributed by atoms with Crippen LogP contribution in [0.2, 0.25) is 5.02 Å². The van der Waals surface area contributed by atoms with Crippen molar-refractivity contribution in [2.24, 2.45) is 0 Å². The molecule has 0 aromatic heterocycles. The van der Waals surface area contributed by atoms with Gasteiger partial charge in [0.15, 0.2) is 0 Å². The zero-order chi connectivity index (χ0) is 10.6. The van der Waals surface area contributed by atoms with Crippen LogP contribution in [0, 0.1) is 10.1 Å². The van der Waals surface area contributed by atoms with E-state index in [1.54, 1.807) is 12.1 Å². The van der Waals surface area contributed by atoms with E-state index in [9.17, 15) is 10.1 Å². The molecule has 1 aromatic carbocycles. The van der Waals surface area contributed by atoms with Gasteiger partial charge >= 0.3 is 0 Å². The van der Waals surface area contributed by atoms with Crippen molar-refractivity contribution in [3.63, 3.8) is 0 Å². The summed E-state index contributed by atoms with van der Waals surface area (Å²) in [5.74, 6) is 0.877. The molecule has 0 radical (unpaired) electrons. The Bertz CT molecular complexity index is 344. The third-order valence-corrected chi connectivity index (χ3v) is 3.08. The number of nitrogens with zero attached hydrogens (tertiary/aromatic N) is 1. The van der Waals surface area contributed by atoms with Gasteiger partial charge in [0, 0.05) is 11.1 Å². The molecule has 1 aromatic rings. The topological polar surface area (TPSA) is 43.1 Å². The summed E-state index contributed by atoms with van der Waals surface area (Å²) in [6, 6.07) is 4.76. The monoisotopic (exact) mass is 231 g/mol. The Morgan fingerprint density at radius 2 is 2.29 bits per heavy atom. The minimum Gasteiger partial charge on any atom is -0.258 e. The highest BCUT2D eigenvalue weighted by Gasteiger charge is 2.13. The van der Waals surface area contributed by atoms with Gasteiger partial charge in [-0.25, -0.2) is 0 Å². The molecule has 0 bridgehead atoms. The smallest absolute Gasteiger partial charge is 0.258 e. The van der Waals surface area contributed by atoms with Gasteiger partial charge in [-0.05, 0) is 24.3 Å². The van der Waals surface area contributed by atoms with E-state index in [0.717, 1.165) is 12.2 Å². The summed E-state index contributed by atoms with van der Waals surface area (Å²) in [5.41, 5.74) is 0.0935. The zero-order valence-electron chi connectivity index (χ0n) is 7.70. The van der Waals surface area contributed by atoms with E-state index in [1.165, 1.54) is 17.8 Å². The third kappa shape index (κ3) is 2.89. The number of hydrogen-bond acceptors (Lipinski definition) is 3. The van der Waals surface area contributed by atoms with Gasteiger partial charge in [-0.2, -0.15) is 0 Å². The van der Waals surface area contributed by atoms with E-state index >= 15 is 0 Å². The lowest BCUT2D eigenvalue weighted by Crippen LogP contribution is -1.91. The fraction of sp³-hybridized carbons (Fsp3) is 0.333. The molecular weight excluding hydrogens is 222 g/mol. The second-order valence-electron chi connectivity index (χ2n) is 2.72. The van der Waals surface area contributed by atoms with Crippen molar-refractivity contribution >= 4 is 29.1 Å². The van der Waals surface area contributed by atoms with Crippen molar-refractivity contribution < 1.29 is 4.92 Å². The van der Waals surface area contributed by atoms with Crippen LogP contribution < -0.4 is 0 Å². The number of rotatable bonds is 4. The number of nitro benzene ring substituents is 1. The highest BCUT2D eigenvalue weighted by Crippen LogP contribution is 2.31. The molecule has 0 spiro atoms. The fourth-order valence-electron chi connectivity index (χ4n) is 0.967. The summed E-state index contributed by atoms with van der Waals surface area (Å²) in [6.45, 7) is 2.04. The average Bonchev–Trinajstić information content (AvgIpc) is 2.15. The van der Waals surface area contributed by atoms with Crippen molar-refractivity contribution in [3.8, 4) is 0 Å². The van der Waals surface area contributed by atoms with Crippen LogP contribution in [0.15, 0.2) is 23.1 Å². The van der Waals surface area contributed by atoms with Crippen LogP contribution in [0.3, 0.4) is 0 Å². The van der Waals surface area contributed by atoms with Gasteiger partial charge in [0.25, 0.3) is 5.69 Å². The largest absolute Gasteiger partial charge is 0.284 e. The van der Waals surface area contributed by atoms with Gasteiger partial charge in [-0.1, -0.05) is 18.5 Å². The molecule has 14 heavy (non-hydrogen) atoms. The Hall–Kier alpha value is -0.740. The molecule has 0 N–H and O–H groups in total. The summed E-state index contributed by atoms with van der Waals surface area (Å²) in [7, 11) is 0. The standard InChI is InChI=1S/C9H10ClNO2S/c1-2-5-14-9-4-3-7(10)6-8(9)11(12)13/h3-4,6H,2,5H2,1H3. The van der Waals surface area contributed by atoms with Crippen LogP contribution >= 0.6 is 23.4 Å². The first kappa shape index (κ1) is 11.3. The summed E-state index contributed by atoms with van der Waals surface area (Å²) in [6.07, 6.45) is 0.991. The molecule has 0 amide bonds. The maximum absolute atomic E-state index is 10.7. The molecule has 76 valence electrons. The van der Waals surface area contributed by atoms with E-state index in [2.05, 4.69) is 0 Å². The third-order valence-electron chi connectivity index (χ3n) is 1.58. The summed E-state index contributed by atoms with van der Waals surface area (Å²) in [5, 5.41) is 11.1. The quantitative estimate of drug-likeness (QED) is 0.450. The lowest BCUT2D eigenvalue weighted by atomic mass is 10.3. The highest BCUT2D eigenvalue weighted by molar-refractivity contribution is 7.99. The Labute approximate surface area is 91.6 Å². The van der Waals surface area contributed by atoms with Gasteiger partial charge in [-0.3, -0.25) is 10.1 Å². The highest BCUT2D eigenvalue weighted by atomic mass is 35.5. The Balaban J connectivity index is 2.96. The minimum atomic E-state index is -0.399. The number of benzene rings is 1. The normalized spacial score (nSPS) is 10.1. The number of hydrogen-bond donors (Lipinski definition) is 0. The molecule has 1 rings (SSSR count). The van der Waals surface area contributed by atoms with E-state index < -0.39 is 4.92 Å². The molecular formula is C9H10ClNO2S. The number of halogens is 1. The van der Waals surface area contributed by atoms with Crippen LogP contribution in [-0.2, 0) is 0 Å². The lowest BCUT2D eigenvalue weighted by molar-refractivity contribution is -0.387. The van der Waals surface area contributed by atoms with Gasteiger partial charge in [0.05, 0.1) is 9.82 Å². The first-order chi connectivity index (χ1) is 6.65. The van der Waals surface area contributed by atoms with Crippen molar-refractivity contribution in [2.75, 3.05) is 5.75 Å². The molecule has 0 atom stereocenters. The Morgan fingerprint density at radius 3 is 2.86 bits per heavy atom. The summed E-state index contributed by atoms with van der Waals surface area (Å²) < 4.78 is 0.